The molecule has 0 aromatic heterocycles. The minimum absolute atomic E-state index is 0.00853. The maximum atomic E-state index is 13.5. The first kappa shape index (κ1) is 26.5. The van der Waals surface area contributed by atoms with E-state index in [2.05, 4.69) is 5.32 Å². The Balaban J connectivity index is 1.63. The number of benzene rings is 3. The Bertz CT molecular complexity index is 1260. The quantitative estimate of drug-likeness (QED) is 0.374. The van der Waals surface area contributed by atoms with Gasteiger partial charge in [-0.25, -0.2) is 0 Å². The predicted molar refractivity (Wildman–Crippen MR) is 131 cm³/mol. The summed E-state index contributed by atoms with van der Waals surface area (Å²) in [6.45, 7) is 1.98. The standard InChI is InChI=1S/C28H28F3NO5/c1-3-36-26(34)13-17-8-10-24(35-2)25(12-17)37-23-11-9-20(28(29,30)31)14-19(23)16-32-27-21-7-5-4-6-18(21)15-22(27)33/h4-12,14,22,27,32-33H,3,13,15-16H2,1-2H3/t22-,27+/m0/s1. The van der Waals surface area contributed by atoms with Crippen molar-refractivity contribution in [1.82, 2.24) is 5.32 Å². The molecule has 0 amide bonds. The Kier molecular flexibility index (Phi) is 8.04. The Morgan fingerprint density at radius 2 is 1.81 bits per heavy atom. The van der Waals surface area contributed by atoms with E-state index in [1.807, 2.05) is 24.3 Å². The Morgan fingerprint density at radius 1 is 1.05 bits per heavy atom. The third-order valence-electron chi connectivity index (χ3n) is 6.21. The molecular weight excluding hydrogens is 487 g/mol. The zero-order chi connectivity index (χ0) is 26.6. The number of hydrogen-bond acceptors (Lipinski definition) is 6. The van der Waals surface area contributed by atoms with Gasteiger partial charge in [0.1, 0.15) is 5.75 Å². The first-order valence-corrected chi connectivity index (χ1v) is 11.9. The third-order valence-corrected chi connectivity index (χ3v) is 6.21. The molecule has 0 saturated carbocycles. The number of ether oxygens (including phenoxy) is 3. The zero-order valence-corrected chi connectivity index (χ0v) is 20.5. The van der Waals surface area contributed by atoms with Crippen LogP contribution in [0.5, 0.6) is 17.2 Å². The van der Waals surface area contributed by atoms with Gasteiger partial charge in [0.05, 0.1) is 37.8 Å². The van der Waals surface area contributed by atoms with Gasteiger partial charge in [0.15, 0.2) is 11.5 Å². The van der Waals surface area contributed by atoms with Crippen LogP contribution < -0.4 is 14.8 Å². The van der Waals surface area contributed by atoms with Crippen LogP contribution in [-0.2, 0) is 35.1 Å². The van der Waals surface area contributed by atoms with Gasteiger partial charge in [0.2, 0.25) is 0 Å². The average Bonchev–Trinajstić information content (AvgIpc) is 3.18. The molecule has 3 aromatic rings. The van der Waals surface area contributed by atoms with Gasteiger partial charge in [0.25, 0.3) is 0 Å². The van der Waals surface area contributed by atoms with Crippen LogP contribution in [-0.4, -0.2) is 30.9 Å². The minimum atomic E-state index is -4.54. The van der Waals surface area contributed by atoms with Crippen LogP contribution in [0.25, 0.3) is 0 Å². The van der Waals surface area contributed by atoms with Crippen LogP contribution in [0.1, 0.15) is 40.8 Å². The minimum Gasteiger partial charge on any atom is -0.493 e. The van der Waals surface area contributed by atoms with Crippen LogP contribution >= 0.6 is 0 Å². The van der Waals surface area contributed by atoms with Crippen LogP contribution in [0.15, 0.2) is 60.7 Å². The number of aliphatic hydroxyl groups excluding tert-OH is 1. The lowest BCUT2D eigenvalue weighted by Crippen LogP contribution is -2.28. The van der Waals surface area contributed by atoms with Gasteiger partial charge in [-0.3, -0.25) is 4.79 Å². The van der Waals surface area contributed by atoms with Crippen molar-refractivity contribution in [2.75, 3.05) is 13.7 Å². The molecule has 0 saturated heterocycles. The topological polar surface area (TPSA) is 77.0 Å². The van der Waals surface area contributed by atoms with Crippen molar-refractivity contribution in [3.8, 4) is 17.2 Å². The molecule has 6 nitrogen and oxygen atoms in total. The van der Waals surface area contributed by atoms with E-state index in [9.17, 15) is 23.1 Å². The maximum Gasteiger partial charge on any atom is 0.416 e. The summed E-state index contributed by atoms with van der Waals surface area (Å²) in [4.78, 5) is 11.9. The number of carbonyl (C=O) groups is 1. The number of esters is 1. The van der Waals surface area contributed by atoms with Gasteiger partial charge in [-0.05, 0) is 53.9 Å². The molecule has 9 heteroatoms. The van der Waals surface area contributed by atoms with Crippen molar-refractivity contribution in [2.24, 2.45) is 0 Å². The molecule has 0 fully saturated rings. The summed E-state index contributed by atoms with van der Waals surface area (Å²) in [6, 6.07) is 15.3. The lowest BCUT2D eigenvalue weighted by Gasteiger charge is -2.21. The zero-order valence-electron chi connectivity index (χ0n) is 20.5. The highest BCUT2D eigenvalue weighted by Crippen LogP contribution is 2.38. The highest BCUT2D eigenvalue weighted by Gasteiger charge is 2.33. The molecule has 0 unspecified atom stereocenters. The fourth-order valence-corrected chi connectivity index (χ4v) is 4.44. The van der Waals surface area contributed by atoms with E-state index in [4.69, 9.17) is 14.2 Å². The molecule has 0 aliphatic heterocycles. The van der Waals surface area contributed by atoms with E-state index in [1.165, 1.54) is 13.2 Å². The molecule has 37 heavy (non-hydrogen) atoms. The first-order chi connectivity index (χ1) is 17.7. The second-order valence-corrected chi connectivity index (χ2v) is 8.72. The molecule has 1 aliphatic rings. The van der Waals surface area contributed by atoms with Crippen molar-refractivity contribution in [3.05, 3.63) is 88.5 Å². The van der Waals surface area contributed by atoms with Gasteiger partial charge in [-0.1, -0.05) is 30.3 Å². The summed E-state index contributed by atoms with van der Waals surface area (Å²) in [6.07, 6.45) is -4.77. The summed E-state index contributed by atoms with van der Waals surface area (Å²) < 4.78 is 57.0. The molecule has 0 radical (unpaired) electrons. The molecule has 4 rings (SSSR count). The molecule has 1 aliphatic carbocycles. The van der Waals surface area contributed by atoms with Gasteiger partial charge < -0.3 is 24.6 Å². The molecule has 0 heterocycles. The summed E-state index contributed by atoms with van der Waals surface area (Å²) in [7, 11) is 1.45. The number of fused-ring (bicyclic) bond motifs is 1. The van der Waals surface area contributed by atoms with Crippen LogP contribution in [0.3, 0.4) is 0 Å². The number of carbonyl (C=O) groups excluding carboxylic acids is 1. The first-order valence-electron chi connectivity index (χ1n) is 11.9. The molecular formula is C28H28F3NO5. The molecule has 2 N–H and O–H groups in total. The smallest absolute Gasteiger partial charge is 0.416 e. The summed E-state index contributed by atoms with van der Waals surface area (Å²) in [5.74, 6) is 0.379. The lowest BCUT2D eigenvalue weighted by molar-refractivity contribution is -0.142. The summed E-state index contributed by atoms with van der Waals surface area (Å²) in [5, 5.41) is 13.8. The fraction of sp³-hybridized carbons (Fsp3) is 0.321. The number of alkyl halides is 3. The van der Waals surface area contributed by atoms with E-state index >= 15 is 0 Å². The van der Waals surface area contributed by atoms with Crippen molar-refractivity contribution in [3.63, 3.8) is 0 Å². The van der Waals surface area contributed by atoms with Gasteiger partial charge >= 0.3 is 12.1 Å². The predicted octanol–water partition coefficient (Wildman–Crippen LogP) is 5.36. The average molecular weight is 516 g/mol. The van der Waals surface area contributed by atoms with Crippen molar-refractivity contribution in [2.45, 2.75) is 44.6 Å². The molecule has 196 valence electrons. The molecule has 0 spiro atoms. The molecule has 2 atom stereocenters. The third kappa shape index (κ3) is 6.23. The number of rotatable bonds is 9. The van der Waals surface area contributed by atoms with E-state index in [1.54, 1.807) is 25.1 Å². The van der Waals surface area contributed by atoms with E-state index < -0.39 is 29.9 Å². The maximum absolute atomic E-state index is 13.5. The van der Waals surface area contributed by atoms with Crippen LogP contribution in [0, 0.1) is 0 Å². The summed E-state index contributed by atoms with van der Waals surface area (Å²) in [5.41, 5.74) is 1.96. The Labute approximate surface area is 213 Å². The number of hydrogen-bond donors (Lipinski definition) is 2. The molecule has 3 aromatic carbocycles. The van der Waals surface area contributed by atoms with Gasteiger partial charge in [0, 0.05) is 18.5 Å². The molecule has 0 bridgehead atoms. The van der Waals surface area contributed by atoms with Crippen molar-refractivity contribution < 1.29 is 37.3 Å². The normalized spacial score (nSPS) is 16.8. The number of methoxy groups -OCH3 is 1. The van der Waals surface area contributed by atoms with Gasteiger partial charge in [-0.2, -0.15) is 13.2 Å². The lowest BCUT2D eigenvalue weighted by atomic mass is 10.1. The SMILES string of the molecule is CCOC(=O)Cc1ccc(OC)c(Oc2ccc(C(F)(F)F)cc2CN[C@@H]2c3ccccc3C[C@@H]2O)c1. The van der Waals surface area contributed by atoms with Gasteiger partial charge in [-0.15, -0.1) is 0 Å². The van der Waals surface area contributed by atoms with Crippen LogP contribution in [0.2, 0.25) is 0 Å². The Morgan fingerprint density at radius 3 is 2.54 bits per heavy atom. The number of aliphatic hydroxyl groups is 1. The monoisotopic (exact) mass is 515 g/mol. The number of nitrogens with one attached hydrogen (secondary N) is 1. The Hall–Kier alpha value is -3.56. The second kappa shape index (κ2) is 11.2. The highest BCUT2D eigenvalue weighted by atomic mass is 19.4. The van der Waals surface area contributed by atoms with E-state index in [0.717, 1.165) is 23.3 Å². The highest BCUT2D eigenvalue weighted by molar-refractivity contribution is 5.73. The second-order valence-electron chi connectivity index (χ2n) is 8.72. The number of halogens is 3. The van der Waals surface area contributed by atoms with E-state index in [0.29, 0.717) is 17.7 Å². The van der Waals surface area contributed by atoms with Crippen molar-refractivity contribution >= 4 is 5.97 Å². The largest absolute Gasteiger partial charge is 0.493 e. The summed E-state index contributed by atoms with van der Waals surface area (Å²) >= 11 is 0. The fourth-order valence-electron chi connectivity index (χ4n) is 4.44. The van der Waals surface area contributed by atoms with Crippen molar-refractivity contribution in [1.29, 1.82) is 0 Å². The van der Waals surface area contributed by atoms with Crippen LogP contribution in [0.4, 0.5) is 13.2 Å². The van der Waals surface area contributed by atoms with E-state index in [-0.39, 0.29) is 36.6 Å².